The topological polar surface area (TPSA) is 124 Å². The standard InChI is InChI=1S/C10H9N5O3S2/c11-9-13-14-10(20-9)19-5-8(16)12-6-2-1-3-7(4-6)15(17)18/h1-4H,5H2,(H2,11,13)(H,12,16). The molecule has 0 fully saturated rings. The molecular weight excluding hydrogens is 302 g/mol. The summed E-state index contributed by atoms with van der Waals surface area (Å²) in [6.07, 6.45) is 0. The van der Waals surface area contributed by atoms with Gasteiger partial charge in [0.1, 0.15) is 0 Å². The van der Waals surface area contributed by atoms with Crippen molar-refractivity contribution >= 4 is 45.5 Å². The van der Waals surface area contributed by atoms with Crippen LogP contribution >= 0.6 is 23.1 Å². The third-order valence-electron chi connectivity index (χ3n) is 2.09. The van der Waals surface area contributed by atoms with Crippen molar-refractivity contribution in [1.29, 1.82) is 0 Å². The maximum absolute atomic E-state index is 11.7. The summed E-state index contributed by atoms with van der Waals surface area (Å²) in [5, 5.41) is 20.9. The Labute approximate surface area is 121 Å². The molecule has 0 unspecified atom stereocenters. The number of carbonyl (C=O) groups excluding carboxylic acids is 1. The molecule has 0 radical (unpaired) electrons. The lowest BCUT2D eigenvalue weighted by atomic mass is 10.3. The number of nitrogens with one attached hydrogen (secondary N) is 1. The fraction of sp³-hybridized carbons (Fsp3) is 0.100. The Hall–Kier alpha value is -2.20. The number of nitrogens with zero attached hydrogens (tertiary/aromatic N) is 3. The van der Waals surface area contributed by atoms with E-state index in [-0.39, 0.29) is 17.3 Å². The van der Waals surface area contributed by atoms with Crippen molar-refractivity contribution in [2.24, 2.45) is 0 Å². The largest absolute Gasteiger partial charge is 0.374 e. The van der Waals surface area contributed by atoms with Crippen LogP contribution in [0, 0.1) is 10.1 Å². The van der Waals surface area contributed by atoms with Crippen molar-refractivity contribution in [3.63, 3.8) is 0 Å². The summed E-state index contributed by atoms with van der Waals surface area (Å²) in [6, 6.07) is 5.74. The SMILES string of the molecule is Nc1nnc(SCC(=O)Nc2cccc([N+](=O)[O-])c2)s1. The van der Waals surface area contributed by atoms with E-state index in [0.29, 0.717) is 15.2 Å². The molecule has 2 aromatic rings. The number of anilines is 2. The molecule has 104 valence electrons. The Morgan fingerprint density at radius 2 is 2.30 bits per heavy atom. The minimum Gasteiger partial charge on any atom is -0.374 e. The lowest BCUT2D eigenvalue weighted by Gasteiger charge is -2.03. The second kappa shape index (κ2) is 6.30. The van der Waals surface area contributed by atoms with Crippen molar-refractivity contribution in [3.8, 4) is 0 Å². The molecule has 0 atom stereocenters. The molecule has 10 heteroatoms. The summed E-state index contributed by atoms with van der Waals surface area (Å²) in [4.78, 5) is 21.8. The van der Waals surface area contributed by atoms with Crippen LogP contribution < -0.4 is 11.1 Å². The fourth-order valence-electron chi connectivity index (χ4n) is 1.30. The van der Waals surface area contributed by atoms with Crippen LogP contribution in [0.15, 0.2) is 28.6 Å². The normalized spacial score (nSPS) is 10.2. The van der Waals surface area contributed by atoms with Gasteiger partial charge in [0.2, 0.25) is 11.0 Å². The molecule has 8 nitrogen and oxygen atoms in total. The van der Waals surface area contributed by atoms with E-state index >= 15 is 0 Å². The van der Waals surface area contributed by atoms with Crippen molar-refractivity contribution < 1.29 is 9.72 Å². The number of nitrogen functional groups attached to an aromatic ring is 1. The molecule has 20 heavy (non-hydrogen) atoms. The van der Waals surface area contributed by atoms with Crippen LogP contribution in [0.2, 0.25) is 0 Å². The van der Waals surface area contributed by atoms with Crippen molar-refractivity contribution in [2.45, 2.75) is 4.34 Å². The quantitative estimate of drug-likeness (QED) is 0.489. The van der Waals surface area contributed by atoms with Gasteiger partial charge in [0, 0.05) is 17.8 Å². The van der Waals surface area contributed by atoms with Crippen LogP contribution in [0.1, 0.15) is 0 Å². The lowest BCUT2D eigenvalue weighted by Crippen LogP contribution is -2.14. The van der Waals surface area contributed by atoms with Crippen LogP contribution in [0.4, 0.5) is 16.5 Å². The third kappa shape index (κ3) is 3.90. The Balaban J connectivity index is 1.91. The van der Waals surface area contributed by atoms with Gasteiger partial charge in [-0.2, -0.15) is 0 Å². The Morgan fingerprint density at radius 1 is 1.50 bits per heavy atom. The number of aromatic nitrogens is 2. The summed E-state index contributed by atoms with van der Waals surface area (Å²) in [6.45, 7) is 0. The second-order valence-electron chi connectivity index (χ2n) is 3.55. The van der Waals surface area contributed by atoms with Gasteiger partial charge in [-0.3, -0.25) is 14.9 Å². The number of non-ortho nitro benzene ring substituents is 1. The van der Waals surface area contributed by atoms with Gasteiger partial charge in [-0.1, -0.05) is 29.2 Å². The molecule has 1 heterocycles. The molecule has 1 aromatic carbocycles. The Bertz CT molecular complexity index is 645. The predicted molar refractivity (Wildman–Crippen MR) is 76.8 cm³/mol. The van der Waals surface area contributed by atoms with Crippen LogP contribution in [-0.2, 0) is 4.79 Å². The van der Waals surface area contributed by atoms with E-state index in [1.165, 1.54) is 41.3 Å². The number of benzene rings is 1. The average molecular weight is 311 g/mol. The van der Waals surface area contributed by atoms with Gasteiger partial charge in [0.05, 0.1) is 10.7 Å². The minimum atomic E-state index is -0.519. The molecule has 0 saturated heterocycles. The highest BCUT2D eigenvalue weighted by Gasteiger charge is 2.10. The monoisotopic (exact) mass is 311 g/mol. The van der Waals surface area contributed by atoms with E-state index in [9.17, 15) is 14.9 Å². The molecule has 0 bridgehead atoms. The number of nitro benzene ring substituents is 1. The van der Waals surface area contributed by atoms with Crippen LogP contribution in [-0.4, -0.2) is 26.8 Å². The third-order valence-corrected chi connectivity index (χ3v) is 3.98. The summed E-state index contributed by atoms with van der Waals surface area (Å²) in [7, 11) is 0. The number of nitro groups is 1. The first kappa shape index (κ1) is 14.2. The second-order valence-corrected chi connectivity index (χ2v) is 5.78. The molecule has 0 saturated carbocycles. The number of thioether (sulfide) groups is 1. The summed E-state index contributed by atoms with van der Waals surface area (Å²) in [5.74, 6) is -0.165. The van der Waals surface area contributed by atoms with E-state index < -0.39 is 4.92 Å². The molecule has 2 rings (SSSR count). The molecule has 1 aromatic heterocycles. The Morgan fingerprint density at radius 3 is 2.95 bits per heavy atom. The summed E-state index contributed by atoms with van der Waals surface area (Å²) >= 11 is 2.39. The van der Waals surface area contributed by atoms with Gasteiger partial charge >= 0.3 is 0 Å². The van der Waals surface area contributed by atoms with Gasteiger partial charge in [-0.05, 0) is 6.07 Å². The average Bonchev–Trinajstić information content (AvgIpc) is 2.82. The first-order valence-corrected chi connectivity index (χ1v) is 7.11. The minimum absolute atomic E-state index is 0.0765. The van der Waals surface area contributed by atoms with Gasteiger partial charge in [-0.15, -0.1) is 10.2 Å². The van der Waals surface area contributed by atoms with E-state index in [1.807, 2.05) is 0 Å². The first-order valence-electron chi connectivity index (χ1n) is 5.30. The number of hydrogen-bond donors (Lipinski definition) is 2. The molecular formula is C10H9N5O3S2. The molecule has 0 aliphatic rings. The number of hydrogen-bond acceptors (Lipinski definition) is 8. The highest BCUT2D eigenvalue weighted by atomic mass is 32.2. The van der Waals surface area contributed by atoms with Gasteiger partial charge < -0.3 is 11.1 Å². The van der Waals surface area contributed by atoms with Crippen LogP contribution in [0.3, 0.4) is 0 Å². The van der Waals surface area contributed by atoms with E-state index in [1.54, 1.807) is 6.07 Å². The molecule has 1 amide bonds. The van der Waals surface area contributed by atoms with Gasteiger partial charge in [0.15, 0.2) is 4.34 Å². The molecule has 0 spiro atoms. The molecule has 0 aliphatic carbocycles. The van der Waals surface area contributed by atoms with E-state index in [4.69, 9.17) is 5.73 Å². The number of amides is 1. The zero-order chi connectivity index (χ0) is 14.5. The highest BCUT2D eigenvalue weighted by Crippen LogP contribution is 2.23. The zero-order valence-electron chi connectivity index (χ0n) is 9.98. The summed E-state index contributed by atoms with van der Waals surface area (Å²) in [5.41, 5.74) is 5.72. The zero-order valence-corrected chi connectivity index (χ0v) is 11.6. The van der Waals surface area contributed by atoms with Crippen molar-refractivity contribution in [1.82, 2.24) is 10.2 Å². The maximum Gasteiger partial charge on any atom is 0.271 e. The van der Waals surface area contributed by atoms with Crippen molar-refractivity contribution in [3.05, 3.63) is 34.4 Å². The highest BCUT2D eigenvalue weighted by molar-refractivity contribution is 8.01. The smallest absolute Gasteiger partial charge is 0.271 e. The lowest BCUT2D eigenvalue weighted by molar-refractivity contribution is -0.384. The van der Waals surface area contributed by atoms with Crippen LogP contribution in [0.25, 0.3) is 0 Å². The van der Waals surface area contributed by atoms with E-state index in [0.717, 1.165) is 0 Å². The fourth-order valence-corrected chi connectivity index (χ4v) is 2.74. The number of rotatable bonds is 5. The molecule has 0 aliphatic heterocycles. The van der Waals surface area contributed by atoms with Crippen molar-refractivity contribution in [2.75, 3.05) is 16.8 Å². The number of nitrogens with two attached hydrogens (primary N) is 1. The van der Waals surface area contributed by atoms with Gasteiger partial charge in [0.25, 0.3) is 5.69 Å². The predicted octanol–water partition coefficient (Wildman–Crippen LogP) is 1.76. The first-order chi connectivity index (χ1) is 9.54. The van der Waals surface area contributed by atoms with Crippen LogP contribution in [0.5, 0.6) is 0 Å². The summed E-state index contributed by atoms with van der Waals surface area (Å²) < 4.78 is 0.594. The van der Waals surface area contributed by atoms with Gasteiger partial charge in [-0.25, -0.2) is 0 Å². The molecule has 3 N–H and O–H groups in total. The number of carbonyl (C=O) groups is 1. The maximum atomic E-state index is 11.7. The van der Waals surface area contributed by atoms with E-state index in [2.05, 4.69) is 15.5 Å². The Kier molecular flexibility index (Phi) is 4.48.